The first-order valence-corrected chi connectivity index (χ1v) is 11.3. The van der Waals surface area contributed by atoms with Crippen LogP contribution < -0.4 is 10.6 Å². The van der Waals surface area contributed by atoms with Crippen LogP contribution in [0.4, 0.5) is 5.82 Å². The van der Waals surface area contributed by atoms with Crippen LogP contribution in [0.2, 0.25) is 0 Å². The summed E-state index contributed by atoms with van der Waals surface area (Å²) in [6.07, 6.45) is 5.43. The molecule has 1 aliphatic heterocycles. The van der Waals surface area contributed by atoms with Crippen molar-refractivity contribution in [1.82, 2.24) is 29.5 Å². The van der Waals surface area contributed by atoms with Gasteiger partial charge in [0, 0.05) is 36.5 Å². The van der Waals surface area contributed by atoms with Crippen LogP contribution >= 0.6 is 0 Å². The molecule has 1 saturated heterocycles. The Morgan fingerprint density at radius 3 is 2.79 bits per heavy atom. The largest absolute Gasteiger partial charge is 0.391 e. The zero-order valence-corrected chi connectivity index (χ0v) is 18.5. The van der Waals surface area contributed by atoms with Gasteiger partial charge in [-0.1, -0.05) is 0 Å². The lowest BCUT2D eigenvalue weighted by Crippen LogP contribution is -2.50. The number of aromatic nitrogens is 5. The minimum absolute atomic E-state index is 0.246. The smallest absolute Gasteiger partial charge is 0.257 e. The molecule has 4 atom stereocenters. The minimum atomic E-state index is -0.624. The molecule has 4 aromatic rings. The van der Waals surface area contributed by atoms with E-state index in [9.17, 15) is 15.0 Å². The molecule has 11 heteroatoms. The summed E-state index contributed by atoms with van der Waals surface area (Å²) >= 11 is 0. The lowest BCUT2D eigenvalue weighted by molar-refractivity contribution is 0.0448. The quantitative estimate of drug-likeness (QED) is 0.343. The molecule has 6 rings (SSSR count). The molecule has 0 radical (unpaired) electrons. The fourth-order valence-corrected chi connectivity index (χ4v) is 4.67. The minimum Gasteiger partial charge on any atom is -0.391 e. The van der Waals surface area contributed by atoms with Crippen LogP contribution in [0.25, 0.3) is 27.9 Å². The number of hydrogen-bond donors (Lipinski definition) is 4. The lowest BCUT2D eigenvalue weighted by Gasteiger charge is -2.32. The number of aliphatic hydroxyl groups is 2. The molecule has 176 valence electrons. The molecule has 1 amide bonds. The van der Waals surface area contributed by atoms with E-state index >= 15 is 0 Å². The average Bonchev–Trinajstić information content (AvgIpc) is 3.57. The fraction of sp³-hybridized carbons (Fsp3) is 0.391. The second-order valence-corrected chi connectivity index (χ2v) is 8.79. The van der Waals surface area contributed by atoms with Gasteiger partial charge in [0.2, 0.25) is 0 Å². The Hall–Kier alpha value is -3.54. The Kier molecular flexibility index (Phi) is 4.97. The summed E-state index contributed by atoms with van der Waals surface area (Å²) < 4.78 is 8.99. The van der Waals surface area contributed by atoms with E-state index in [-0.39, 0.29) is 24.6 Å². The molecule has 1 aliphatic carbocycles. The van der Waals surface area contributed by atoms with E-state index in [0.717, 1.165) is 23.0 Å². The van der Waals surface area contributed by atoms with Gasteiger partial charge in [-0.05, 0) is 25.0 Å². The third-order valence-corrected chi connectivity index (χ3v) is 6.77. The van der Waals surface area contributed by atoms with Crippen molar-refractivity contribution < 1.29 is 19.7 Å². The van der Waals surface area contributed by atoms with Crippen molar-refractivity contribution in [3.63, 3.8) is 0 Å². The number of aliphatic hydroxyl groups excluding tert-OH is 2. The highest BCUT2D eigenvalue weighted by Crippen LogP contribution is 2.34. The van der Waals surface area contributed by atoms with E-state index in [4.69, 9.17) is 9.72 Å². The van der Waals surface area contributed by atoms with E-state index in [1.54, 1.807) is 17.8 Å². The van der Waals surface area contributed by atoms with Gasteiger partial charge in [0.1, 0.15) is 23.1 Å². The SMILES string of the molecule is CNc1cc(-c2cn([C@@H]3COC[C@H]3O)c3ncccc23)nc2c(C(=O)N[C@@H]3CC[C@@H]3O)cnn12. The highest BCUT2D eigenvalue weighted by Gasteiger charge is 2.32. The number of pyridine rings is 1. The molecule has 5 heterocycles. The zero-order valence-electron chi connectivity index (χ0n) is 18.5. The number of rotatable bonds is 5. The van der Waals surface area contributed by atoms with Crippen LogP contribution in [0.1, 0.15) is 29.2 Å². The van der Waals surface area contributed by atoms with Gasteiger partial charge in [-0.15, -0.1) is 0 Å². The first-order chi connectivity index (χ1) is 16.5. The molecule has 0 unspecified atom stereocenters. The number of carbonyl (C=O) groups excluding carboxylic acids is 1. The van der Waals surface area contributed by atoms with Crippen molar-refractivity contribution in [1.29, 1.82) is 0 Å². The number of carbonyl (C=O) groups is 1. The Balaban J connectivity index is 1.48. The van der Waals surface area contributed by atoms with Crippen LogP contribution in [0, 0.1) is 0 Å². The van der Waals surface area contributed by atoms with Gasteiger partial charge in [-0.2, -0.15) is 9.61 Å². The monoisotopic (exact) mass is 463 g/mol. The topological polar surface area (TPSA) is 139 Å². The van der Waals surface area contributed by atoms with E-state index in [2.05, 4.69) is 20.7 Å². The van der Waals surface area contributed by atoms with Gasteiger partial charge in [0.15, 0.2) is 5.65 Å². The lowest BCUT2D eigenvalue weighted by atomic mass is 9.89. The van der Waals surface area contributed by atoms with Crippen molar-refractivity contribution in [2.75, 3.05) is 25.6 Å². The highest BCUT2D eigenvalue weighted by atomic mass is 16.5. The summed E-state index contributed by atoms with van der Waals surface area (Å²) in [5.41, 5.74) is 2.93. The molecule has 2 fully saturated rings. The van der Waals surface area contributed by atoms with Crippen LogP contribution in [0.15, 0.2) is 36.8 Å². The number of hydrogen-bond acceptors (Lipinski definition) is 8. The fourth-order valence-electron chi connectivity index (χ4n) is 4.67. The molecule has 1 saturated carbocycles. The van der Waals surface area contributed by atoms with E-state index < -0.39 is 12.2 Å². The molecule has 0 aromatic carbocycles. The van der Waals surface area contributed by atoms with Crippen LogP contribution in [0.5, 0.6) is 0 Å². The molecule has 34 heavy (non-hydrogen) atoms. The number of anilines is 1. The van der Waals surface area contributed by atoms with Gasteiger partial charge >= 0.3 is 0 Å². The molecule has 11 nitrogen and oxygen atoms in total. The predicted molar refractivity (Wildman–Crippen MR) is 124 cm³/mol. The highest BCUT2D eigenvalue weighted by molar-refractivity contribution is 6.01. The molecule has 0 spiro atoms. The number of amides is 1. The van der Waals surface area contributed by atoms with Crippen molar-refractivity contribution in [2.45, 2.75) is 37.1 Å². The standard InChI is InChI=1S/C23H25N7O4/c1-24-20-7-16(27-22-13(8-26-30(20)22)23(33)28-15-4-5-18(15)31)14-9-29(17-10-34-11-19(17)32)21-12(14)3-2-6-25-21/h2-3,6-9,15,17-19,24,31-32H,4-5,10-11H2,1H3,(H,28,33)/t15-,17-,18+,19-/m1/s1. The third kappa shape index (κ3) is 3.23. The first-order valence-electron chi connectivity index (χ1n) is 11.3. The summed E-state index contributed by atoms with van der Waals surface area (Å²) in [5.74, 6) is 0.345. The molecule has 2 aliphatic rings. The van der Waals surface area contributed by atoms with Crippen molar-refractivity contribution in [3.05, 3.63) is 42.4 Å². The van der Waals surface area contributed by atoms with Gasteiger partial charge in [0.25, 0.3) is 5.91 Å². The van der Waals surface area contributed by atoms with Crippen LogP contribution in [0.3, 0.4) is 0 Å². The van der Waals surface area contributed by atoms with Crippen LogP contribution in [-0.4, -0.2) is 78.8 Å². The molecular weight excluding hydrogens is 438 g/mol. The van der Waals surface area contributed by atoms with E-state index in [1.165, 1.54) is 6.20 Å². The van der Waals surface area contributed by atoms with Crippen molar-refractivity contribution in [3.8, 4) is 11.3 Å². The number of nitrogens with zero attached hydrogens (tertiary/aromatic N) is 5. The van der Waals surface area contributed by atoms with Gasteiger partial charge in [0.05, 0.1) is 43.3 Å². The molecule has 4 aromatic heterocycles. The van der Waals surface area contributed by atoms with Crippen molar-refractivity contribution in [2.24, 2.45) is 0 Å². The summed E-state index contributed by atoms with van der Waals surface area (Å²) in [7, 11) is 1.78. The number of ether oxygens (including phenoxy) is 1. The van der Waals surface area contributed by atoms with E-state index in [1.807, 2.05) is 29.0 Å². The maximum Gasteiger partial charge on any atom is 0.257 e. The Morgan fingerprint density at radius 1 is 1.21 bits per heavy atom. The second kappa shape index (κ2) is 8.05. The Labute approximate surface area is 194 Å². The third-order valence-electron chi connectivity index (χ3n) is 6.77. The number of fused-ring (bicyclic) bond motifs is 2. The second-order valence-electron chi connectivity index (χ2n) is 8.79. The van der Waals surface area contributed by atoms with Gasteiger partial charge in [-0.3, -0.25) is 4.79 Å². The maximum atomic E-state index is 13.0. The van der Waals surface area contributed by atoms with E-state index in [0.29, 0.717) is 35.8 Å². The zero-order chi connectivity index (χ0) is 23.4. The summed E-state index contributed by atoms with van der Waals surface area (Å²) in [6, 6.07) is 5.19. The summed E-state index contributed by atoms with van der Waals surface area (Å²) in [5, 5.41) is 31.5. The van der Waals surface area contributed by atoms with Gasteiger partial charge in [-0.25, -0.2) is 9.97 Å². The molecular formula is C23H25N7O4. The predicted octanol–water partition coefficient (Wildman–Crippen LogP) is 0.973. The first kappa shape index (κ1) is 21.0. The molecule has 4 N–H and O–H groups in total. The Morgan fingerprint density at radius 2 is 2.09 bits per heavy atom. The van der Waals surface area contributed by atoms with Crippen LogP contribution in [-0.2, 0) is 4.74 Å². The van der Waals surface area contributed by atoms with Gasteiger partial charge < -0.3 is 30.2 Å². The maximum absolute atomic E-state index is 13.0. The van der Waals surface area contributed by atoms with Crippen molar-refractivity contribution >= 4 is 28.4 Å². The Bertz CT molecular complexity index is 1400. The molecule has 0 bridgehead atoms. The normalized spacial score (nSPS) is 24.4. The summed E-state index contributed by atoms with van der Waals surface area (Å²) in [4.78, 5) is 22.3. The number of nitrogens with one attached hydrogen (secondary N) is 2. The average molecular weight is 463 g/mol. The summed E-state index contributed by atoms with van der Waals surface area (Å²) in [6.45, 7) is 0.680.